The van der Waals surface area contributed by atoms with Crippen LogP contribution >= 0.6 is 0 Å². The van der Waals surface area contributed by atoms with Gasteiger partial charge in [0.15, 0.2) is 0 Å². The first-order valence-corrected chi connectivity index (χ1v) is 10.9. The Bertz CT molecular complexity index is 966. The standard InChI is InChI=1S/C25H32N2O/c1-24(2)18-12-13-25(24,3)17-26(14-18)15-19(28)16-27-22-10-6-4-8-20(22)21-9-5-7-11-23(21)27/h4-11,18-19,28H,12-17H2,1-3H3/p+1/t18-,19-,25-/m0/s1. The molecule has 3 heteroatoms. The largest absolute Gasteiger partial charge is 0.385 e. The molecule has 2 bridgehead atoms. The van der Waals surface area contributed by atoms with Gasteiger partial charge in [-0.2, -0.15) is 0 Å². The lowest BCUT2D eigenvalue weighted by Gasteiger charge is -2.48. The molecule has 5 rings (SSSR count). The van der Waals surface area contributed by atoms with Crippen molar-refractivity contribution in [3.05, 3.63) is 48.5 Å². The molecular weight excluding hydrogens is 344 g/mol. The van der Waals surface area contributed by atoms with Gasteiger partial charge in [0.25, 0.3) is 0 Å². The summed E-state index contributed by atoms with van der Waals surface area (Å²) < 4.78 is 2.32. The molecule has 1 aromatic heterocycles. The first-order chi connectivity index (χ1) is 13.4. The Kier molecular flexibility index (Phi) is 4.12. The fourth-order valence-corrected chi connectivity index (χ4v) is 6.28. The molecule has 3 nitrogen and oxygen atoms in total. The molecule has 2 aliphatic rings. The van der Waals surface area contributed by atoms with Gasteiger partial charge in [-0.15, -0.1) is 0 Å². The SMILES string of the molecule is CC1(C)[C@H]2CC[C@@]1(C)C[NH+](C[C@H](O)Cn1c3ccccc3c3ccccc31)C2. The van der Waals surface area contributed by atoms with Gasteiger partial charge in [0, 0.05) is 33.1 Å². The molecular formula is C25H33N2O+. The second-order valence-corrected chi connectivity index (χ2v) is 10.2. The Balaban J connectivity index is 1.39. The molecule has 1 saturated carbocycles. The van der Waals surface area contributed by atoms with Crippen molar-refractivity contribution >= 4 is 21.8 Å². The van der Waals surface area contributed by atoms with Gasteiger partial charge in [-0.25, -0.2) is 0 Å². The number of benzene rings is 2. The molecule has 1 aliphatic carbocycles. The number of piperidine rings is 1. The molecule has 0 spiro atoms. The van der Waals surface area contributed by atoms with Crippen LogP contribution in [0.3, 0.4) is 0 Å². The molecule has 3 aromatic rings. The van der Waals surface area contributed by atoms with Crippen molar-refractivity contribution in [1.29, 1.82) is 0 Å². The average molecular weight is 378 g/mol. The second-order valence-electron chi connectivity index (χ2n) is 10.2. The van der Waals surface area contributed by atoms with Crippen LogP contribution in [0.15, 0.2) is 48.5 Å². The molecule has 4 atom stereocenters. The van der Waals surface area contributed by atoms with Gasteiger partial charge < -0.3 is 14.6 Å². The zero-order valence-electron chi connectivity index (χ0n) is 17.4. The first kappa shape index (κ1) is 18.2. The Labute approximate surface area is 168 Å². The fraction of sp³-hybridized carbons (Fsp3) is 0.520. The maximum Gasteiger partial charge on any atom is 0.121 e. The van der Waals surface area contributed by atoms with Crippen molar-refractivity contribution in [2.24, 2.45) is 16.7 Å². The smallest absolute Gasteiger partial charge is 0.121 e. The molecule has 2 fully saturated rings. The van der Waals surface area contributed by atoms with Crippen molar-refractivity contribution in [2.45, 2.75) is 46.3 Å². The number of nitrogens with zero attached hydrogens (tertiary/aromatic N) is 1. The van der Waals surface area contributed by atoms with Crippen LogP contribution in [0.1, 0.15) is 33.6 Å². The number of aromatic nitrogens is 1. The highest BCUT2D eigenvalue weighted by Gasteiger charge is 2.57. The van der Waals surface area contributed by atoms with E-state index in [1.165, 1.54) is 47.7 Å². The lowest BCUT2D eigenvalue weighted by Crippen LogP contribution is -3.16. The normalized spacial score (nSPS) is 30.1. The van der Waals surface area contributed by atoms with E-state index in [0.717, 1.165) is 12.5 Å². The Morgan fingerprint density at radius 3 is 2.25 bits per heavy atom. The number of aliphatic hydroxyl groups excluding tert-OH is 1. The molecule has 28 heavy (non-hydrogen) atoms. The molecule has 0 radical (unpaired) electrons. The van der Waals surface area contributed by atoms with E-state index in [4.69, 9.17) is 0 Å². The van der Waals surface area contributed by atoms with Crippen LogP contribution in [-0.4, -0.2) is 35.4 Å². The Hall–Kier alpha value is -1.84. The summed E-state index contributed by atoms with van der Waals surface area (Å²) in [6, 6.07) is 17.1. The monoisotopic (exact) mass is 377 g/mol. The maximum absolute atomic E-state index is 11.1. The number of aliphatic hydroxyl groups is 1. The second kappa shape index (κ2) is 6.33. The lowest BCUT2D eigenvalue weighted by atomic mass is 9.63. The highest BCUT2D eigenvalue weighted by molar-refractivity contribution is 6.07. The minimum absolute atomic E-state index is 0.321. The van der Waals surface area contributed by atoms with Gasteiger partial charge in [0.2, 0.25) is 0 Å². The molecule has 2 aromatic carbocycles. The van der Waals surface area contributed by atoms with E-state index in [1.54, 1.807) is 4.90 Å². The number of rotatable bonds is 4. The number of likely N-dealkylation sites (tertiary alicyclic amines) is 1. The lowest BCUT2D eigenvalue weighted by molar-refractivity contribution is -0.921. The summed E-state index contributed by atoms with van der Waals surface area (Å²) in [6.07, 6.45) is 2.38. The minimum Gasteiger partial charge on any atom is -0.385 e. The molecule has 148 valence electrons. The summed E-state index contributed by atoms with van der Waals surface area (Å²) in [7, 11) is 0. The van der Waals surface area contributed by atoms with Crippen molar-refractivity contribution in [2.75, 3.05) is 19.6 Å². The zero-order chi connectivity index (χ0) is 19.5. The summed E-state index contributed by atoms with van der Waals surface area (Å²) in [5.74, 6) is 0.793. The molecule has 1 saturated heterocycles. The van der Waals surface area contributed by atoms with Gasteiger partial charge >= 0.3 is 0 Å². The third-order valence-electron chi connectivity index (χ3n) is 8.39. The van der Waals surface area contributed by atoms with E-state index in [1.807, 2.05) is 0 Å². The maximum atomic E-state index is 11.1. The molecule has 2 N–H and O–H groups in total. The third kappa shape index (κ3) is 2.63. The van der Waals surface area contributed by atoms with Gasteiger partial charge in [0.1, 0.15) is 12.6 Å². The van der Waals surface area contributed by atoms with Crippen LogP contribution in [0.4, 0.5) is 0 Å². The fourth-order valence-electron chi connectivity index (χ4n) is 6.28. The summed E-state index contributed by atoms with van der Waals surface area (Å²) in [5, 5.41) is 13.6. The van der Waals surface area contributed by atoms with Crippen LogP contribution in [-0.2, 0) is 6.54 Å². The summed E-state index contributed by atoms with van der Waals surface area (Å²) in [5.41, 5.74) is 3.31. The Morgan fingerprint density at radius 2 is 1.64 bits per heavy atom. The van der Waals surface area contributed by atoms with E-state index in [9.17, 15) is 5.11 Å². The predicted octanol–water partition coefficient (Wildman–Crippen LogP) is 3.50. The molecule has 2 heterocycles. The highest BCUT2D eigenvalue weighted by atomic mass is 16.3. The van der Waals surface area contributed by atoms with Crippen LogP contribution in [0.5, 0.6) is 0 Å². The number of quaternary nitrogens is 1. The quantitative estimate of drug-likeness (QED) is 0.716. The predicted molar refractivity (Wildman–Crippen MR) is 116 cm³/mol. The van der Waals surface area contributed by atoms with Crippen LogP contribution in [0.25, 0.3) is 21.8 Å². The molecule has 0 amide bonds. The first-order valence-electron chi connectivity index (χ1n) is 10.9. The number of hydrogen-bond donors (Lipinski definition) is 2. The van der Waals surface area contributed by atoms with E-state index in [0.29, 0.717) is 17.4 Å². The average Bonchev–Trinajstić information content (AvgIpc) is 2.99. The van der Waals surface area contributed by atoms with Crippen LogP contribution in [0.2, 0.25) is 0 Å². The van der Waals surface area contributed by atoms with Gasteiger partial charge in [0.05, 0.1) is 19.6 Å². The number of fused-ring (bicyclic) bond motifs is 5. The Morgan fingerprint density at radius 1 is 1.04 bits per heavy atom. The highest BCUT2D eigenvalue weighted by Crippen LogP contribution is 2.56. The van der Waals surface area contributed by atoms with Gasteiger partial charge in [-0.05, 0) is 30.4 Å². The molecule has 1 unspecified atom stereocenters. The van der Waals surface area contributed by atoms with Crippen molar-refractivity contribution in [3.8, 4) is 0 Å². The van der Waals surface area contributed by atoms with E-state index in [-0.39, 0.29) is 6.10 Å². The minimum atomic E-state index is -0.321. The summed E-state index contributed by atoms with van der Waals surface area (Å²) >= 11 is 0. The van der Waals surface area contributed by atoms with Crippen molar-refractivity contribution in [1.82, 2.24) is 4.57 Å². The van der Waals surface area contributed by atoms with E-state index < -0.39 is 0 Å². The van der Waals surface area contributed by atoms with Gasteiger partial charge in [-0.3, -0.25) is 0 Å². The zero-order valence-corrected chi connectivity index (χ0v) is 17.4. The van der Waals surface area contributed by atoms with Crippen molar-refractivity contribution < 1.29 is 10.0 Å². The number of para-hydroxylation sites is 2. The summed E-state index contributed by atoms with van der Waals surface area (Å²) in [6.45, 7) is 11.3. The van der Waals surface area contributed by atoms with Crippen LogP contribution < -0.4 is 4.90 Å². The van der Waals surface area contributed by atoms with Crippen LogP contribution in [0, 0.1) is 16.7 Å². The molecule has 1 aliphatic heterocycles. The number of nitrogens with one attached hydrogen (secondary N) is 1. The van der Waals surface area contributed by atoms with Crippen molar-refractivity contribution in [3.63, 3.8) is 0 Å². The van der Waals surface area contributed by atoms with E-state index in [2.05, 4.69) is 73.9 Å². The topological polar surface area (TPSA) is 29.6 Å². The summed E-state index contributed by atoms with van der Waals surface area (Å²) in [4.78, 5) is 1.59. The third-order valence-corrected chi connectivity index (χ3v) is 8.39. The number of hydrogen-bond acceptors (Lipinski definition) is 1. The van der Waals surface area contributed by atoms with E-state index >= 15 is 0 Å². The van der Waals surface area contributed by atoms with Gasteiger partial charge in [-0.1, -0.05) is 57.2 Å².